The van der Waals surface area contributed by atoms with Crippen LogP contribution < -0.4 is 11.1 Å². The molecule has 6 heteroatoms. The Morgan fingerprint density at radius 2 is 2.30 bits per heavy atom. The molecular weight excluding hydrogens is 436 g/mol. The SMILES string of the molecule is C=C(C)CN=C(N)N[C@@H]1C[C@H]1c1ccc(Br)c(F)c1.I. The summed E-state index contributed by atoms with van der Waals surface area (Å²) in [6, 6.07) is 5.48. The summed E-state index contributed by atoms with van der Waals surface area (Å²) in [4.78, 5) is 4.17. The lowest BCUT2D eigenvalue weighted by Gasteiger charge is -2.06. The number of guanidine groups is 1. The van der Waals surface area contributed by atoms with Crippen LogP contribution in [0, 0.1) is 5.82 Å². The summed E-state index contributed by atoms with van der Waals surface area (Å²) in [5, 5.41) is 3.14. The number of halogens is 3. The number of benzene rings is 1. The van der Waals surface area contributed by atoms with E-state index in [9.17, 15) is 4.39 Å². The molecule has 1 aromatic carbocycles. The summed E-state index contributed by atoms with van der Waals surface area (Å²) >= 11 is 3.15. The summed E-state index contributed by atoms with van der Waals surface area (Å²) in [5.41, 5.74) is 7.73. The Balaban J connectivity index is 0.00000200. The molecule has 0 aliphatic heterocycles. The third-order valence-corrected chi connectivity index (χ3v) is 3.66. The Hall–Kier alpha value is -0.630. The Morgan fingerprint density at radius 3 is 2.90 bits per heavy atom. The van der Waals surface area contributed by atoms with Crippen molar-refractivity contribution in [2.24, 2.45) is 10.7 Å². The van der Waals surface area contributed by atoms with Crippen LogP contribution >= 0.6 is 39.9 Å². The summed E-state index contributed by atoms with van der Waals surface area (Å²) < 4.78 is 13.9. The van der Waals surface area contributed by atoms with Gasteiger partial charge in [0.15, 0.2) is 5.96 Å². The molecule has 1 aliphatic carbocycles. The standard InChI is InChI=1S/C14H17BrFN3.HI/c1-8(2)7-18-14(17)19-13-6-10(13)9-3-4-11(15)12(16)5-9;/h3-5,10,13H,1,6-7H2,2H3,(H3,17,18,19);1H/t10-,13+;/m0./s1. The van der Waals surface area contributed by atoms with Gasteiger partial charge in [-0.05, 0) is 47.0 Å². The Kier molecular flexibility index (Phi) is 6.44. The molecule has 20 heavy (non-hydrogen) atoms. The van der Waals surface area contributed by atoms with E-state index in [2.05, 4.69) is 32.8 Å². The maximum Gasteiger partial charge on any atom is 0.189 e. The molecule has 1 aliphatic rings. The smallest absolute Gasteiger partial charge is 0.189 e. The van der Waals surface area contributed by atoms with E-state index >= 15 is 0 Å². The van der Waals surface area contributed by atoms with Crippen LogP contribution in [0.4, 0.5) is 4.39 Å². The van der Waals surface area contributed by atoms with Crippen molar-refractivity contribution >= 4 is 45.9 Å². The van der Waals surface area contributed by atoms with E-state index < -0.39 is 0 Å². The summed E-state index contributed by atoms with van der Waals surface area (Å²) in [7, 11) is 0. The zero-order valence-corrected chi connectivity index (χ0v) is 15.1. The highest BCUT2D eigenvalue weighted by Gasteiger charge is 2.39. The number of hydrogen-bond acceptors (Lipinski definition) is 1. The number of hydrogen-bond donors (Lipinski definition) is 2. The number of aliphatic imine (C=N–C) groups is 1. The largest absolute Gasteiger partial charge is 0.370 e. The number of nitrogens with one attached hydrogen (secondary N) is 1. The van der Waals surface area contributed by atoms with Crippen LogP contribution in [-0.4, -0.2) is 18.5 Å². The molecule has 0 bridgehead atoms. The molecule has 0 saturated heterocycles. The fraction of sp³-hybridized carbons (Fsp3) is 0.357. The van der Waals surface area contributed by atoms with Gasteiger partial charge in [-0.1, -0.05) is 18.2 Å². The number of nitrogens with zero attached hydrogens (tertiary/aromatic N) is 1. The second kappa shape index (κ2) is 7.40. The average molecular weight is 454 g/mol. The first-order chi connectivity index (χ1) is 8.97. The van der Waals surface area contributed by atoms with Crippen molar-refractivity contribution in [2.45, 2.75) is 25.3 Å². The van der Waals surface area contributed by atoms with E-state index in [0.717, 1.165) is 17.6 Å². The molecular formula is C14H18BrFIN3. The van der Waals surface area contributed by atoms with E-state index in [1.807, 2.05) is 13.0 Å². The molecule has 0 radical (unpaired) electrons. The summed E-state index contributed by atoms with van der Waals surface area (Å²) in [5.74, 6) is 0.501. The zero-order valence-electron chi connectivity index (χ0n) is 11.2. The summed E-state index contributed by atoms with van der Waals surface area (Å²) in [6.45, 7) is 6.20. The van der Waals surface area contributed by atoms with Crippen LogP contribution in [-0.2, 0) is 0 Å². The first kappa shape index (κ1) is 17.4. The van der Waals surface area contributed by atoms with Gasteiger partial charge in [0.25, 0.3) is 0 Å². The van der Waals surface area contributed by atoms with E-state index in [1.54, 1.807) is 12.1 Å². The molecule has 3 nitrogen and oxygen atoms in total. The van der Waals surface area contributed by atoms with Crippen LogP contribution in [0.1, 0.15) is 24.8 Å². The maximum atomic E-state index is 13.4. The molecule has 0 unspecified atom stereocenters. The topological polar surface area (TPSA) is 50.4 Å². The quantitative estimate of drug-likeness (QED) is 0.317. The van der Waals surface area contributed by atoms with Crippen molar-refractivity contribution in [3.63, 3.8) is 0 Å². The highest BCUT2D eigenvalue weighted by Crippen LogP contribution is 2.41. The molecule has 0 heterocycles. The molecule has 0 amide bonds. The minimum atomic E-state index is -0.230. The minimum absolute atomic E-state index is 0. The second-order valence-corrected chi connectivity index (χ2v) is 5.78. The predicted octanol–water partition coefficient (Wildman–Crippen LogP) is 3.54. The van der Waals surface area contributed by atoms with Gasteiger partial charge in [0, 0.05) is 12.0 Å². The van der Waals surface area contributed by atoms with Crippen LogP contribution in [0.25, 0.3) is 0 Å². The summed E-state index contributed by atoms with van der Waals surface area (Å²) in [6.07, 6.45) is 0.949. The zero-order chi connectivity index (χ0) is 14.0. The Bertz CT molecular complexity index is 533. The van der Waals surface area contributed by atoms with Gasteiger partial charge in [-0.15, -0.1) is 24.0 Å². The number of rotatable bonds is 4. The lowest BCUT2D eigenvalue weighted by Crippen LogP contribution is -2.34. The Morgan fingerprint density at radius 1 is 1.60 bits per heavy atom. The molecule has 2 rings (SSSR count). The van der Waals surface area contributed by atoms with Crippen molar-refractivity contribution in [2.75, 3.05) is 6.54 Å². The van der Waals surface area contributed by atoms with E-state index in [4.69, 9.17) is 5.73 Å². The van der Waals surface area contributed by atoms with E-state index in [0.29, 0.717) is 22.9 Å². The third-order valence-electron chi connectivity index (χ3n) is 3.01. The second-order valence-electron chi connectivity index (χ2n) is 4.93. The Labute approximate surface area is 144 Å². The first-order valence-corrected chi connectivity index (χ1v) is 6.92. The van der Waals surface area contributed by atoms with Gasteiger partial charge in [-0.25, -0.2) is 9.38 Å². The average Bonchev–Trinajstić information content (AvgIpc) is 3.09. The fourth-order valence-electron chi connectivity index (χ4n) is 1.92. The molecule has 1 saturated carbocycles. The van der Waals surface area contributed by atoms with Gasteiger partial charge in [0.1, 0.15) is 5.82 Å². The predicted molar refractivity (Wildman–Crippen MR) is 95.1 cm³/mol. The molecule has 3 N–H and O–H groups in total. The van der Waals surface area contributed by atoms with Crippen LogP contribution in [0.5, 0.6) is 0 Å². The lowest BCUT2D eigenvalue weighted by molar-refractivity contribution is 0.618. The highest BCUT2D eigenvalue weighted by molar-refractivity contribution is 14.0. The van der Waals surface area contributed by atoms with Crippen molar-refractivity contribution in [1.29, 1.82) is 0 Å². The van der Waals surface area contributed by atoms with Gasteiger partial charge in [-0.2, -0.15) is 0 Å². The van der Waals surface area contributed by atoms with E-state index in [1.165, 1.54) is 0 Å². The van der Waals surface area contributed by atoms with Crippen LogP contribution in [0.3, 0.4) is 0 Å². The third kappa shape index (κ3) is 4.73. The van der Waals surface area contributed by atoms with E-state index in [-0.39, 0.29) is 35.8 Å². The maximum absolute atomic E-state index is 13.4. The van der Waals surface area contributed by atoms with Crippen molar-refractivity contribution in [1.82, 2.24) is 5.32 Å². The van der Waals surface area contributed by atoms with Gasteiger partial charge in [-0.3, -0.25) is 0 Å². The molecule has 110 valence electrons. The molecule has 1 aromatic rings. The van der Waals surface area contributed by atoms with Crippen LogP contribution in [0.2, 0.25) is 0 Å². The monoisotopic (exact) mass is 453 g/mol. The van der Waals surface area contributed by atoms with Crippen molar-refractivity contribution < 1.29 is 4.39 Å². The van der Waals surface area contributed by atoms with Gasteiger partial charge in [0.2, 0.25) is 0 Å². The lowest BCUT2D eigenvalue weighted by atomic mass is 10.1. The molecule has 0 spiro atoms. The van der Waals surface area contributed by atoms with Crippen molar-refractivity contribution in [3.05, 3.63) is 46.2 Å². The van der Waals surface area contributed by atoms with Crippen molar-refractivity contribution in [3.8, 4) is 0 Å². The van der Waals surface area contributed by atoms with Gasteiger partial charge < -0.3 is 11.1 Å². The van der Waals surface area contributed by atoms with Gasteiger partial charge in [0.05, 0.1) is 11.0 Å². The minimum Gasteiger partial charge on any atom is -0.370 e. The highest BCUT2D eigenvalue weighted by atomic mass is 127. The first-order valence-electron chi connectivity index (χ1n) is 6.13. The van der Waals surface area contributed by atoms with Gasteiger partial charge >= 0.3 is 0 Å². The molecule has 2 atom stereocenters. The van der Waals surface area contributed by atoms with Crippen LogP contribution in [0.15, 0.2) is 39.8 Å². The molecule has 1 fully saturated rings. The fourth-order valence-corrected chi connectivity index (χ4v) is 2.17. The normalized spacial score (nSPS) is 21.1. The number of nitrogens with two attached hydrogens (primary N) is 1. The molecule has 0 aromatic heterocycles.